The number of rotatable bonds is 3. The predicted molar refractivity (Wildman–Crippen MR) is 104 cm³/mol. The fraction of sp³-hybridized carbons (Fsp3) is 0.200. The van der Waals surface area contributed by atoms with Crippen molar-refractivity contribution in [2.45, 2.75) is 0 Å². The molecule has 1 amide bonds. The average Bonchev–Trinajstić information content (AvgIpc) is 2.68. The highest BCUT2D eigenvalue weighted by atomic mass is 35.5. The third-order valence-electron chi connectivity index (χ3n) is 4.45. The van der Waals surface area contributed by atoms with Gasteiger partial charge in [-0.25, -0.2) is 0 Å². The van der Waals surface area contributed by atoms with Gasteiger partial charge in [0.05, 0.1) is 29.4 Å². The molecule has 0 spiro atoms. The monoisotopic (exact) mass is 367 g/mol. The first-order valence-electron chi connectivity index (χ1n) is 8.50. The van der Waals surface area contributed by atoms with Gasteiger partial charge in [0, 0.05) is 35.9 Å². The van der Waals surface area contributed by atoms with Gasteiger partial charge in [-0.1, -0.05) is 23.7 Å². The highest BCUT2D eigenvalue weighted by Gasteiger charge is 2.16. The van der Waals surface area contributed by atoms with E-state index in [1.54, 1.807) is 18.3 Å². The van der Waals surface area contributed by atoms with E-state index in [1.807, 2.05) is 36.4 Å². The molecule has 0 bridgehead atoms. The molecule has 0 atom stereocenters. The van der Waals surface area contributed by atoms with Crippen LogP contribution in [0, 0.1) is 0 Å². The number of nitrogens with zero attached hydrogens (tertiary/aromatic N) is 2. The summed E-state index contributed by atoms with van der Waals surface area (Å²) in [4.78, 5) is 19.2. The first kappa shape index (κ1) is 16.8. The van der Waals surface area contributed by atoms with E-state index in [0.717, 1.165) is 29.7 Å². The molecule has 3 aromatic rings. The lowest BCUT2D eigenvalue weighted by atomic mass is 10.1. The number of ether oxygens (including phenoxy) is 1. The largest absolute Gasteiger partial charge is 0.378 e. The number of pyridine rings is 1. The van der Waals surface area contributed by atoms with Crippen LogP contribution >= 0.6 is 11.6 Å². The van der Waals surface area contributed by atoms with Gasteiger partial charge in [0.15, 0.2) is 0 Å². The van der Waals surface area contributed by atoms with Crippen LogP contribution in [0.3, 0.4) is 0 Å². The summed E-state index contributed by atoms with van der Waals surface area (Å²) >= 11 is 6.44. The minimum Gasteiger partial charge on any atom is -0.378 e. The molecule has 2 aromatic carbocycles. The Morgan fingerprint density at radius 1 is 1.12 bits per heavy atom. The Balaban J connectivity index is 1.57. The molecule has 1 aliphatic heterocycles. The van der Waals surface area contributed by atoms with Gasteiger partial charge < -0.3 is 15.0 Å². The number of anilines is 2. The van der Waals surface area contributed by atoms with Gasteiger partial charge in [-0.05, 0) is 36.4 Å². The molecule has 0 aliphatic carbocycles. The maximum Gasteiger partial charge on any atom is 0.256 e. The summed E-state index contributed by atoms with van der Waals surface area (Å²) in [6.07, 6.45) is 1.72. The summed E-state index contributed by atoms with van der Waals surface area (Å²) in [5.41, 5.74) is 3.00. The van der Waals surface area contributed by atoms with Gasteiger partial charge in [0.1, 0.15) is 0 Å². The molecule has 1 aliphatic rings. The zero-order valence-electron chi connectivity index (χ0n) is 14.1. The van der Waals surface area contributed by atoms with Crippen molar-refractivity contribution < 1.29 is 9.53 Å². The average molecular weight is 368 g/mol. The highest BCUT2D eigenvalue weighted by Crippen LogP contribution is 2.30. The molecule has 4 rings (SSSR count). The van der Waals surface area contributed by atoms with Crippen molar-refractivity contribution in [2.75, 3.05) is 36.5 Å². The van der Waals surface area contributed by atoms with E-state index in [-0.39, 0.29) is 5.91 Å². The first-order chi connectivity index (χ1) is 12.7. The van der Waals surface area contributed by atoms with Crippen molar-refractivity contribution in [3.63, 3.8) is 0 Å². The van der Waals surface area contributed by atoms with Gasteiger partial charge >= 0.3 is 0 Å². The lowest BCUT2D eigenvalue weighted by Gasteiger charge is -2.29. The molecule has 0 radical (unpaired) electrons. The smallest absolute Gasteiger partial charge is 0.256 e. The third kappa shape index (κ3) is 3.36. The highest BCUT2D eigenvalue weighted by molar-refractivity contribution is 6.33. The first-order valence-corrected chi connectivity index (χ1v) is 8.87. The lowest BCUT2D eigenvalue weighted by molar-refractivity contribution is 0.102. The molecule has 1 aromatic heterocycles. The summed E-state index contributed by atoms with van der Waals surface area (Å²) in [7, 11) is 0. The lowest BCUT2D eigenvalue weighted by Crippen LogP contribution is -2.36. The van der Waals surface area contributed by atoms with Crippen molar-refractivity contribution in [1.82, 2.24) is 4.98 Å². The third-order valence-corrected chi connectivity index (χ3v) is 4.75. The summed E-state index contributed by atoms with van der Waals surface area (Å²) in [5.74, 6) is -0.182. The number of hydrogen-bond acceptors (Lipinski definition) is 4. The zero-order valence-corrected chi connectivity index (χ0v) is 14.9. The van der Waals surface area contributed by atoms with Gasteiger partial charge in [-0.2, -0.15) is 0 Å². The van der Waals surface area contributed by atoms with Crippen LogP contribution < -0.4 is 10.2 Å². The number of halogens is 1. The van der Waals surface area contributed by atoms with E-state index in [9.17, 15) is 4.79 Å². The molecular formula is C20H18ClN3O2. The molecule has 6 heteroatoms. The van der Waals surface area contributed by atoms with Crippen molar-refractivity contribution in [1.29, 1.82) is 0 Å². The molecule has 2 heterocycles. The van der Waals surface area contributed by atoms with Crippen LogP contribution in [0.2, 0.25) is 5.02 Å². The van der Waals surface area contributed by atoms with Gasteiger partial charge in [0.25, 0.3) is 5.91 Å². The standard InChI is InChI=1S/C20H18ClN3O2/c21-17-13-14(6-7-19(17)24-9-11-26-12-10-24)23-20(25)16-3-1-5-18-15(16)4-2-8-22-18/h1-8,13H,9-12H2,(H,23,25). The Hall–Kier alpha value is -2.63. The number of nitrogens with one attached hydrogen (secondary N) is 1. The summed E-state index contributed by atoms with van der Waals surface area (Å²) < 4.78 is 5.37. The second-order valence-electron chi connectivity index (χ2n) is 6.10. The summed E-state index contributed by atoms with van der Waals surface area (Å²) in [6.45, 7) is 3.02. The van der Waals surface area contributed by atoms with Crippen LogP contribution in [0.1, 0.15) is 10.4 Å². The molecule has 1 saturated heterocycles. The van der Waals surface area contributed by atoms with E-state index in [0.29, 0.717) is 29.5 Å². The van der Waals surface area contributed by atoms with Crippen LogP contribution in [0.5, 0.6) is 0 Å². The number of carbonyl (C=O) groups is 1. The molecule has 132 valence electrons. The molecule has 0 unspecified atom stereocenters. The number of morpholine rings is 1. The van der Waals surface area contributed by atoms with Crippen LogP contribution in [0.15, 0.2) is 54.7 Å². The predicted octanol–water partition coefficient (Wildman–Crippen LogP) is 3.98. The number of amides is 1. The summed E-state index contributed by atoms with van der Waals surface area (Å²) in [6, 6.07) is 14.8. The molecule has 0 saturated carbocycles. The Morgan fingerprint density at radius 2 is 1.96 bits per heavy atom. The van der Waals surface area contributed by atoms with Crippen LogP contribution in [0.4, 0.5) is 11.4 Å². The Kier molecular flexibility index (Phi) is 4.73. The Morgan fingerprint density at radius 3 is 2.77 bits per heavy atom. The second-order valence-corrected chi connectivity index (χ2v) is 6.50. The fourth-order valence-corrected chi connectivity index (χ4v) is 3.45. The number of aromatic nitrogens is 1. The van der Waals surface area contributed by atoms with Crippen molar-refractivity contribution in [3.8, 4) is 0 Å². The van der Waals surface area contributed by atoms with E-state index >= 15 is 0 Å². The van der Waals surface area contributed by atoms with E-state index in [4.69, 9.17) is 16.3 Å². The molecule has 26 heavy (non-hydrogen) atoms. The van der Waals surface area contributed by atoms with Crippen LogP contribution in [-0.2, 0) is 4.74 Å². The fourth-order valence-electron chi connectivity index (χ4n) is 3.15. The Bertz CT molecular complexity index is 949. The quantitative estimate of drug-likeness (QED) is 0.760. The number of carbonyl (C=O) groups excluding carboxylic acids is 1. The van der Waals surface area contributed by atoms with Crippen LogP contribution in [0.25, 0.3) is 10.9 Å². The zero-order chi connectivity index (χ0) is 17.9. The normalized spacial score (nSPS) is 14.4. The molecule has 5 nitrogen and oxygen atoms in total. The van der Waals surface area contributed by atoms with Crippen molar-refractivity contribution in [3.05, 3.63) is 65.3 Å². The molecular weight excluding hydrogens is 350 g/mol. The van der Waals surface area contributed by atoms with Crippen molar-refractivity contribution in [2.24, 2.45) is 0 Å². The topological polar surface area (TPSA) is 54.5 Å². The van der Waals surface area contributed by atoms with Crippen LogP contribution in [-0.4, -0.2) is 37.2 Å². The van der Waals surface area contributed by atoms with E-state index < -0.39 is 0 Å². The minimum absolute atomic E-state index is 0.182. The van der Waals surface area contributed by atoms with Gasteiger partial charge in [-0.3, -0.25) is 9.78 Å². The number of hydrogen-bond donors (Lipinski definition) is 1. The van der Waals surface area contributed by atoms with E-state index in [1.165, 1.54) is 0 Å². The number of benzene rings is 2. The molecule has 1 fully saturated rings. The summed E-state index contributed by atoms with van der Waals surface area (Å²) in [5, 5.41) is 4.36. The number of fused-ring (bicyclic) bond motifs is 1. The van der Waals surface area contributed by atoms with Crippen molar-refractivity contribution >= 4 is 39.8 Å². The van der Waals surface area contributed by atoms with Gasteiger partial charge in [-0.15, -0.1) is 0 Å². The second kappa shape index (κ2) is 7.32. The molecule has 1 N–H and O–H groups in total. The maximum atomic E-state index is 12.7. The van der Waals surface area contributed by atoms with E-state index in [2.05, 4.69) is 15.2 Å². The minimum atomic E-state index is -0.182. The van der Waals surface area contributed by atoms with Gasteiger partial charge in [0.2, 0.25) is 0 Å². The SMILES string of the molecule is O=C(Nc1ccc(N2CCOCC2)c(Cl)c1)c1cccc2ncccc12. The Labute approximate surface area is 156 Å². The maximum absolute atomic E-state index is 12.7.